The molecule has 1 aromatic heterocycles. The van der Waals surface area contributed by atoms with Crippen LogP contribution in [0.1, 0.15) is 18.4 Å². The van der Waals surface area contributed by atoms with Gasteiger partial charge in [-0.1, -0.05) is 24.3 Å². The van der Waals surface area contributed by atoms with Crippen LogP contribution in [-0.2, 0) is 13.1 Å². The molecule has 0 bridgehead atoms. The van der Waals surface area contributed by atoms with Gasteiger partial charge in [0.1, 0.15) is 5.82 Å². The van der Waals surface area contributed by atoms with Crippen molar-refractivity contribution in [3.63, 3.8) is 0 Å². The topological polar surface area (TPSA) is 45.5 Å². The van der Waals surface area contributed by atoms with Gasteiger partial charge < -0.3 is 9.67 Å². The second-order valence-electron chi connectivity index (χ2n) is 6.26. The SMILES string of the molecule is O=c1ccccn1CC1(O)CCN(Cc2ccccc2F)CC1. The van der Waals surface area contributed by atoms with Crippen LogP contribution in [0, 0.1) is 5.82 Å². The van der Waals surface area contributed by atoms with Crippen LogP contribution in [0.5, 0.6) is 0 Å². The van der Waals surface area contributed by atoms with E-state index < -0.39 is 5.60 Å². The maximum Gasteiger partial charge on any atom is 0.250 e. The van der Waals surface area contributed by atoms with E-state index >= 15 is 0 Å². The molecule has 0 atom stereocenters. The van der Waals surface area contributed by atoms with Crippen molar-refractivity contribution in [1.29, 1.82) is 0 Å². The van der Waals surface area contributed by atoms with Crippen molar-refractivity contribution in [1.82, 2.24) is 9.47 Å². The minimum Gasteiger partial charge on any atom is -0.388 e. The first-order valence-electron chi connectivity index (χ1n) is 7.89. The average Bonchev–Trinajstić information content (AvgIpc) is 2.54. The van der Waals surface area contributed by atoms with Crippen LogP contribution in [0.15, 0.2) is 53.5 Å². The van der Waals surface area contributed by atoms with E-state index in [0.29, 0.717) is 44.6 Å². The summed E-state index contributed by atoms with van der Waals surface area (Å²) in [7, 11) is 0. The Bertz CT molecular complexity index is 721. The first-order chi connectivity index (χ1) is 11.1. The summed E-state index contributed by atoms with van der Waals surface area (Å²) in [6, 6.07) is 11.8. The third kappa shape index (κ3) is 3.86. The normalized spacial score (nSPS) is 18.0. The van der Waals surface area contributed by atoms with Gasteiger partial charge >= 0.3 is 0 Å². The summed E-state index contributed by atoms with van der Waals surface area (Å²) in [5, 5.41) is 10.7. The molecule has 0 saturated carbocycles. The molecule has 5 heteroatoms. The van der Waals surface area contributed by atoms with E-state index in [2.05, 4.69) is 4.90 Å². The highest BCUT2D eigenvalue weighted by Crippen LogP contribution is 2.25. The number of aromatic nitrogens is 1. The highest BCUT2D eigenvalue weighted by atomic mass is 19.1. The molecule has 1 aromatic carbocycles. The summed E-state index contributed by atoms with van der Waals surface area (Å²) in [5.74, 6) is -0.191. The Kier molecular flexibility index (Phi) is 4.59. The first kappa shape index (κ1) is 15.9. The van der Waals surface area contributed by atoms with E-state index in [4.69, 9.17) is 0 Å². The summed E-state index contributed by atoms with van der Waals surface area (Å²) in [6.07, 6.45) is 2.84. The number of rotatable bonds is 4. The van der Waals surface area contributed by atoms with Crippen LogP contribution in [0.25, 0.3) is 0 Å². The van der Waals surface area contributed by atoms with E-state index in [0.717, 1.165) is 0 Å². The number of pyridine rings is 1. The first-order valence-corrected chi connectivity index (χ1v) is 7.89. The minimum absolute atomic E-state index is 0.102. The van der Waals surface area contributed by atoms with E-state index in [1.807, 2.05) is 6.07 Å². The summed E-state index contributed by atoms with van der Waals surface area (Å²) in [5.41, 5.74) is -0.302. The highest BCUT2D eigenvalue weighted by Gasteiger charge is 2.32. The van der Waals surface area contributed by atoms with Gasteiger partial charge in [0.25, 0.3) is 5.56 Å². The predicted octanol–water partition coefficient (Wildman–Crippen LogP) is 2.01. The average molecular weight is 316 g/mol. The van der Waals surface area contributed by atoms with Gasteiger partial charge in [0.15, 0.2) is 0 Å². The maximum atomic E-state index is 13.7. The van der Waals surface area contributed by atoms with Gasteiger partial charge in [-0.15, -0.1) is 0 Å². The number of hydrogen-bond acceptors (Lipinski definition) is 3. The van der Waals surface area contributed by atoms with Crippen molar-refractivity contribution in [2.45, 2.75) is 31.5 Å². The Morgan fingerprint density at radius 3 is 2.48 bits per heavy atom. The number of aliphatic hydroxyl groups is 1. The van der Waals surface area contributed by atoms with Crippen molar-refractivity contribution >= 4 is 0 Å². The molecule has 2 heterocycles. The fraction of sp³-hybridized carbons (Fsp3) is 0.389. The van der Waals surface area contributed by atoms with Gasteiger partial charge in [0, 0.05) is 37.5 Å². The molecule has 1 aliphatic rings. The Morgan fingerprint density at radius 2 is 1.78 bits per heavy atom. The largest absolute Gasteiger partial charge is 0.388 e. The fourth-order valence-electron chi connectivity index (χ4n) is 3.06. The van der Waals surface area contributed by atoms with Crippen molar-refractivity contribution in [3.05, 3.63) is 70.4 Å². The predicted molar refractivity (Wildman–Crippen MR) is 86.6 cm³/mol. The minimum atomic E-state index is -0.878. The zero-order valence-electron chi connectivity index (χ0n) is 13.0. The molecule has 122 valence electrons. The molecule has 0 aliphatic carbocycles. The van der Waals surface area contributed by atoms with E-state index in [-0.39, 0.29) is 11.4 Å². The Balaban J connectivity index is 1.60. The standard InChI is InChI=1S/C18H21FN2O2/c19-16-6-2-1-5-15(16)13-20-11-8-18(23,9-12-20)14-21-10-4-3-7-17(21)22/h1-7,10,23H,8-9,11-14H2. The van der Waals surface area contributed by atoms with Crippen molar-refractivity contribution in [3.8, 4) is 0 Å². The molecule has 2 aromatic rings. The number of benzene rings is 1. The van der Waals surface area contributed by atoms with E-state index in [1.165, 1.54) is 12.1 Å². The number of halogens is 1. The molecule has 4 nitrogen and oxygen atoms in total. The van der Waals surface area contributed by atoms with Gasteiger partial charge in [0.2, 0.25) is 0 Å². The van der Waals surface area contributed by atoms with Crippen LogP contribution in [0.4, 0.5) is 4.39 Å². The van der Waals surface area contributed by atoms with E-state index in [1.54, 1.807) is 35.0 Å². The fourth-order valence-corrected chi connectivity index (χ4v) is 3.06. The molecule has 1 fully saturated rings. The molecule has 0 radical (unpaired) electrons. The lowest BCUT2D eigenvalue weighted by Crippen LogP contribution is -2.47. The molecule has 0 unspecified atom stereocenters. The molecule has 0 amide bonds. The zero-order chi connectivity index (χ0) is 16.3. The van der Waals surface area contributed by atoms with Gasteiger partial charge in [-0.2, -0.15) is 0 Å². The summed E-state index contributed by atoms with van der Waals surface area (Å²) < 4.78 is 15.3. The van der Waals surface area contributed by atoms with Crippen molar-refractivity contribution in [2.75, 3.05) is 13.1 Å². The molecule has 3 rings (SSSR count). The number of likely N-dealkylation sites (tertiary alicyclic amines) is 1. The molecular formula is C18H21FN2O2. The summed E-state index contributed by atoms with van der Waals surface area (Å²) >= 11 is 0. The molecule has 1 N–H and O–H groups in total. The summed E-state index contributed by atoms with van der Waals surface area (Å²) in [6.45, 7) is 2.23. The van der Waals surface area contributed by atoms with Gasteiger partial charge in [-0.3, -0.25) is 9.69 Å². The van der Waals surface area contributed by atoms with Gasteiger partial charge in [-0.25, -0.2) is 4.39 Å². The van der Waals surface area contributed by atoms with Crippen LogP contribution in [0.3, 0.4) is 0 Å². The van der Waals surface area contributed by atoms with Crippen molar-refractivity contribution in [2.24, 2.45) is 0 Å². The van der Waals surface area contributed by atoms with Crippen LogP contribution < -0.4 is 5.56 Å². The smallest absolute Gasteiger partial charge is 0.250 e. The Labute approximate surface area is 134 Å². The van der Waals surface area contributed by atoms with Crippen LogP contribution in [0.2, 0.25) is 0 Å². The third-order valence-corrected chi connectivity index (χ3v) is 4.50. The monoisotopic (exact) mass is 316 g/mol. The lowest BCUT2D eigenvalue weighted by molar-refractivity contribution is -0.0365. The summed E-state index contributed by atoms with van der Waals surface area (Å²) in [4.78, 5) is 13.9. The third-order valence-electron chi connectivity index (χ3n) is 4.50. The Hall–Kier alpha value is -1.98. The lowest BCUT2D eigenvalue weighted by Gasteiger charge is -2.38. The second kappa shape index (κ2) is 6.64. The molecule has 1 aliphatic heterocycles. The molecule has 23 heavy (non-hydrogen) atoms. The maximum absolute atomic E-state index is 13.7. The molecule has 1 saturated heterocycles. The van der Waals surface area contributed by atoms with Gasteiger partial charge in [-0.05, 0) is 25.0 Å². The number of nitrogens with zero attached hydrogens (tertiary/aromatic N) is 2. The number of piperidine rings is 1. The number of hydrogen-bond donors (Lipinski definition) is 1. The lowest BCUT2D eigenvalue weighted by atomic mass is 9.91. The van der Waals surface area contributed by atoms with Gasteiger partial charge in [0.05, 0.1) is 12.1 Å². The Morgan fingerprint density at radius 1 is 1.09 bits per heavy atom. The van der Waals surface area contributed by atoms with Crippen molar-refractivity contribution < 1.29 is 9.50 Å². The molecular weight excluding hydrogens is 295 g/mol. The van der Waals surface area contributed by atoms with Crippen LogP contribution >= 0.6 is 0 Å². The zero-order valence-corrected chi connectivity index (χ0v) is 13.0. The quantitative estimate of drug-likeness (QED) is 0.938. The highest BCUT2D eigenvalue weighted by molar-refractivity contribution is 5.17. The second-order valence-corrected chi connectivity index (χ2v) is 6.26. The van der Waals surface area contributed by atoms with Crippen LogP contribution in [-0.4, -0.2) is 33.3 Å². The van der Waals surface area contributed by atoms with E-state index in [9.17, 15) is 14.3 Å². The molecule has 0 spiro atoms.